The van der Waals surface area contributed by atoms with Gasteiger partial charge in [0.1, 0.15) is 5.75 Å². The van der Waals surface area contributed by atoms with Crippen molar-refractivity contribution in [1.82, 2.24) is 9.78 Å². The Morgan fingerprint density at radius 2 is 2.00 bits per heavy atom. The minimum Gasteiger partial charge on any atom is -0.497 e. The van der Waals surface area contributed by atoms with Crippen molar-refractivity contribution in [3.63, 3.8) is 0 Å². The summed E-state index contributed by atoms with van der Waals surface area (Å²) in [7, 11) is 1.68. The average molecular weight is 254 g/mol. The van der Waals surface area contributed by atoms with E-state index in [9.17, 15) is 0 Å². The van der Waals surface area contributed by atoms with E-state index in [1.165, 1.54) is 36.8 Å². The topological polar surface area (TPSA) is 27.1 Å². The second-order valence-corrected chi connectivity index (χ2v) is 4.85. The highest BCUT2D eigenvalue weighted by atomic mass is 16.5. The summed E-state index contributed by atoms with van der Waals surface area (Å²) in [5.41, 5.74) is 3.74. The van der Waals surface area contributed by atoms with E-state index in [1.54, 1.807) is 7.11 Å². The summed E-state index contributed by atoms with van der Waals surface area (Å²) >= 11 is 0. The first-order chi connectivity index (χ1) is 9.36. The average Bonchev–Trinajstić information content (AvgIpc) is 2.98. The summed E-state index contributed by atoms with van der Waals surface area (Å²) in [6.45, 7) is 0. The Morgan fingerprint density at radius 1 is 1.16 bits per heavy atom. The molecule has 1 aromatic carbocycles. The molecule has 0 amide bonds. The lowest BCUT2D eigenvalue weighted by molar-refractivity contribution is 0.414. The predicted octanol–water partition coefficient (Wildman–Crippen LogP) is 3.84. The first kappa shape index (κ1) is 12.0. The Balaban J connectivity index is 1.85. The van der Waals surface area contributed by atoms with Gasteiger partial charge in [0, 0.05) is 11.8 Å². The number of hydrogen-bond donors (Lipinski definition) is 0. The van der Waals surface area contributed by atoms with Crippen molar-refractivity contribution < 1.29 is 4.74 Å². The molecule has 3 rings (SSSR count). The molecule has 3 heteroatoms. The Morgan fingerprint density at radius 3 is 2.68 bits per heavy atom. The van der Waals surface area contributed by atoms with Crippen molar-refractivity contribution in [2.75, 3.05) is 7.11 Å². The zero-order valence-electron chi connectivity index (χ0n) is 11.2. The van der Waals surface area contributed by atoms with Gasteiger partial charge in [-0.25, -0.2) is 4.68 Å². The lowest BCUT2D eigenvalue weighted by Crippen LogP contribution is -1.94. The van der Waals surface area contributed by atoms with Gasteiger partial charge < -0.3 is 4.74 Å². The number of benzene rings is 1. The monoisotopic (exact) mass is 254 g/mol. The van der Waals surface area contributed by atoms with Crippen LogP contribution in [0.15, 0.2) is 42.7 Å². The molecule has 0 N–H and O–H groups in total. The Labute approximate surface area is 113 Å². The standard InChI is InChI=1S/C16H18N2O/c1-19-16-9-7-15(8-10-16)18-12-14(11-17-18)13-5-3-2-4-6-13/h5,7-12H,2-4,6H2,1H3. The predicted molar refractivity (Wildman–Crippen MR) is 76.6 cm³/mol. The first-order valence-corrected chi connectivity index (χ1v) is 6.75. The summed E-state index contributed by atoms with van der Waals surface area (Å²) in [5, 5.41) is 4.45. The van der Waals surface area contributed by atoms with Crippen LogP contribution in [0.3, 0.4) is 0 Å². The summed E-state index contributed by atoms with van der Waals surface area (Å²) in [5.74, 6) is 0.867. The van der Waals surface area contributed by atoms with Crippen molar-refractivity contribution in [2.45, 2.75) is 25.7 Å². The number of hydrogen-bond acceptors (Lipinski definition) is 2. The van der Waals surface area contributed by atoms with Gasteiger partial charge in [0.2, 0.25) is 0 Å². The van der Waals surface area contributed by atoms with Gasteiger partial charge in [-0.15, -0.1) is 0 Å². The molecule has 1 aromatic heterocycles. The molecule has 1 aliphatic rings. The highest BCUT2D eigenvalue weighted by molar-refractivity contribution is 5.65. The van der Waals surface area contributed by atoms with Gasteiger partial charge in [0.05, 0.1) is 19.0 Å². The van der Waals surface area contributed by atoms with E-state index < -0.39 is 0 Å². The van der Waals surface area contributed by atoms with Crippen LogP contribution in [0.1, 0.15) is 31.2 Å². The third kappa shape index (κ3) is 2.55. The molecule has 3 nitrogen and oxygen atoms in total. The van der Waals surface area contributed by atoms with Crippen LogP contribution in [0.5, 0.6) is 5.75 Å². The molecule has 0 unspecified atom stereocenters. The minimum atomic E-state index is 0.867. The third-order valence-corrected chi connectivity index (χ3v) is 3.58. The molecule has 98 valence electrons. The van der Waals surface area contributed by atoms with Crippen LogP contribution in [0, 0.1) is 0 Å². The second kappa shape index (κ2) is 5.31. The van der Waals surface area contributed by atoms with Crippen molar-refractivity contribution in [3.05, 3.63) is 48.3 Å². The van der Waals surface area contributed by atoms with E-state index in [1.807, 2.05) is 35.1 Å². The van der Waals surface area contributed by atoms with Gasteiger partial charge in [-0.2, -0.15) is 5.10 Å². The van der Waals surface area contributed by atoms with Crippen LogP contribution >= 0.6 is 0 Å². The van der Waals surface area contributed by atoms with Crippen LogP contribution in [-0.4, -0.2) is 16.9 Å². The molecule has 0 aliphatic heterocycles. The zero-order chi connectivity index (χ0) is 13.1. The second-order valence-electron chi connectivity index (χ2n) is 4.85. The third-order valence-electron chi connectivity index (χ3n) is 3.58. The van der Waals surface area contributed by atoms with E-state index in [0.717, 1.165) is 11.4 Å². The smallest absolute Gasteiger partial charge is 0.119 e. The maximum Gasteiger partial charge on any atom is 0.119 e. The van der Waals surface area contributed by atoms with Crippen LogP contribution < -0.4 is 4.74 Å². The Hall–Kier alpha value is -2.03. The number of nitrogens with zero attached hydrogens (tertiary/aromatic N) is 2. The summed E-state index contributed by atoms with van der Waals surface area (Å²) in [6.07, 6.45) is 11.4. The number of rotatable bonds is 3. The molecule has 19 heavy (non-hydrogen) atoms. The maximum atomic E-state index is 5.17. The van der Waals surface area contributed by atoms with E-state index in [4.69, 9.17) is 4.74 Å². The molecule has 0 saturated carbocycles. The summed E-state index contributed by atoms with van der Waals surface area (Å²) < 4.78 is 7.09. The largest absolute Gasteiger partial charge is 0.497 e. The number of ether oxygens (including phenoxy) is 1. The molecule has 2 aromatic rings. The van der Waals surface area contributed by atoms with Crippen molar-refractivity contribution in [3.8, 4) is 11.4 Å². The van der Waals surface area contributed by atoms with Crippen molar-refractivity contribution in [2.24, 2.45) is 0 Å². The Bertz CT molecular complexity index is 581. The zero-order valence-corrected chi connectivity index (χ0v) is 11.2. The molecule has 0 radical (unpaired) electrons. The maximum absolute atomic E-state index is 5.17. The van der Waals surface area contributed by atoms with Gasteiger partial charge in [0.25, 0.3) is 0 Å². The van der Waals surface area contributed by atoms with E-state index in [-0.39, 0.29) is 0 Å². The van der Waals surface area contributed by atoms with Crippen LogP contribution in [-0.2, 0) is 0 Å². The van der Waals surface area contributed by atoms with Crippen LogP contribution in [0.25, 0.3) is 11.3 Å². The highest BCUT2D eigenvalue weighted by Gasteiger charge is 2.09. The van der Waals surface area contributed by atoms with E-state index >= 15 is 0 Å². The fourth-order valence-electron chi connectivity index (χ4n) is 2.47. The molecule has 1 heterocycles. The van der Waals surface area contributed by atoms with Crippen molar-refractivity contribution in [1.29, 1.82) is 0 Å². The fraction of sp³-hybridized carbons (Fsp3) is 0.312. The number of aromatic nitrogens is 2. The molecule has 0 bridgehead atoms. The van der Waals surface area contributed by atoms with Crippen LogP contribution in [0.4, 0.5) is 0 Å². The molecule has 0 spiro atoms. The molecule has 0 saturated heterocycles. The Kier molecular flexibility index (Phi) is 3.36. The van der Waals surface area contributed by atoms with Gasteiger partial charge >= 0.3 is 0 Å². The van der Waals surface area contributed by atoms with Crippen LogP contribution in [0.2, 0.25) is 0 Å². The summed E-state index contributed by atoms with van der Waals surface area (Å²) in [4.78, 5) is 0. The fourth-order valence-corrected chi connectivity index (χ4v) is 2.47. The van der Waals surface area contributed by atoms with Gasteiger partial charge in [-0.05, 0) is 55.5 Å². The first-order valence-electron chi connectivity index (χ1n) is 6.75. The van der Waals surface area contributed by atoms with E-state index in [0.29, 0.717) is 0 Å². The van der Waals surface area contributed by atoms with Crippen molar-refractivity contribution >= 4 is 5.57 Å². The normalized spacial score (nSPS) is 15.1. The van der Waals surface area contributed by atoms with Gasteiger partial charge in [-0.1, -0.05) is 6.08 Å². The SMILES string of the molecule is COc1ccc(-n2cc(C3=CCCCC3)cn2)cc1. The lowest BCUT2D eigenvalue weighted by atomic mass is 9.96. The number of allylic oxidation sites excluding steroid dienone is 2. The lowest BCUT2D eigenvalue weighted by Gasteiger charge is -2.10. The van der Waals surface area contributed by atoms with Gasteiger partial charge in [0.15, 0.2) is 0 Å². The molecule has 0 atom stereocenters. The highest BCUT2D eigenvalue weighted by Crippen LogP contribution is 2.26. The quantitative estimate of drug-likeness (QED) is 0.832. The molecular formula is C16H18N2O. The van der Waals surface area contributed by atoms with E-state index in [2.05, 4.69) is 17.4 Å². The van der Waals surface area contributed by atoms with Gasteiger partial charge in [-0.3, -0.25) is 0 Å². The summed E-state index contributed by atoms with van der Waals surface area (Å²) in [6, 6.07) is 7.95. The number of methoxy groups -OCH3 is 1. The molecular weight excluding hydrogens is 236 g/mol. The molecule has 1 aliphatic carbocycles. The minimum absolute atomic E-state index is 0.867. The molecule has 0 fully saturated rings.